The molecular weight excluding hydrogens is 220 g/mol. The molecule has 3 heteroatoms. The van der Waals surface area contributed by atoms with E-state index in [9.17, 15) is 4.79 Å². The van der Waals surface area contributed by atoms with E-state index in [1.807, 2.05) is 6.26 Å². The zero-order chi connectivity index (χ0) is 11.8. The van der Waals surface area contributed by atoms with Gasteiger partial charge >= 0.3 is 5.97 Å². The van der Waals surface area contributed by atoms with Crippen LogP contribution in [0, 0.1) is 6.92 Å². The van der Waals surface area contributed by atoms with Crippen molar-refractivity contribution in [3.05, 3.63) is 29.3 Å². The second kappa shape index (κ2) is 4.13. The number of hydrogen-bond acceptors (Lipinski definition) is 2. The molecule has 1 aliphatic rings. The van der Waals surface area contributed by atoms with Crippen LogP contribution in [0.4, 0.5) is 0 Å². The summed E-state index contributed by atoms with van der Waals surface area (Å²) in [5, 5.41) is 8.96. The minimum absolute atomic E-state index is 0.0678. The zero-order valence-electron chi connectivity index (χ0n) is 9.62. The molecule has 0 atom stereocenters. The molecule has 0 saturated heterocycles. The first-order chi connectivity index (χ1) is 7.57. The summed E-state index contributed by atoms with van der Waals surface area (Å²) in [6, 6.07) is 6.36. The van der Waals surface area contributed by atoms with Crippen LogP contribution in [-0.4, -0.2) is 17.3 Å². The van der Waals surface area contributed by atoms with E-state index < -0.39 is 5.97 Å². The van der Waals surface area contributed by atoms with Gasteiger partial charge in [-0.3, -0.25) is 4.79 Å². The van der Waals surface area contributed by atoms with Crippen LogP contribution in [0.15, 0.2) is 23.1 Å². The molecule has 0 amide bonds. The van der Waals surface area contributed by atoms with Gasteiger partial charge in [0.25, 0.3) is 0 Å². The fraction of sp³-hybridized carbons (Fsp3) is 0.462. The maximum absolute atomic E-state index is 10.9. The number of hydrogen-bond donors (Lipinski definition) is 1. The van der Waals surface area contributed by atoms with E-state index in [2.05, 4.69) is 25.1 Å². The van der Waals surface area contributed by atoms with Crippen molar-refractivity contribution in [3.8, 4) is 0 Å². The lowest BCUT2D eigenvalue weighted by Crippen LogP contribution is -2.14. The predicted molar refractivity (Wildman–Crippen MR) is 66.1 cm³/mol. The number of carbonyl (C=O) groups is 1. The van der Waals surface area contributed by atoms with E-state index in [4.69, 9.17) is 5.11 Å². The molecule has 86 valence electrons. The van der Waals surface area contributed by atoms with Gasteiger partial charge in [-0.1, -0.05) is 6.07 Å². The highest BCUT2D eigenvalue weighted by Gasteiger charge is 2.46. The third-order valence-electron chi connectivity index (χ3n) is 3.36. The lowest BCUT2D eigenvalue weighted by molar-refractivity contribution is -0.137. The van der Waals surface area contributed by atoms with Crippen molar-refractivity contribution >= 4 is 17.7 Å². The first-order valence-corrected chi connectivity index (χ1v) is 6.67. The maximum atomic E-state index is 10.9. The maximum Gasteiger partial charge on any atom is 0.304 e. The van der Waals surface area contributed by atoms with Crippen LogP contribution in [-0.2, 0) is 10.2 Å². The first kappa shape index (κ1) is 11.5. The third-order valence-corrected chi connectivity index (χ3v) is 4.08. The molecule has 1 saturated carbocycles. The highest BCUT2D eigenvalue weighted by Crippen LogP contribution is 2.52. The fourth-order valence-corrected chi connectivity index (χ4v) is 2.72. The normalized spacial score (nSPS) is 17.1. The number of benzene rings is 1. The van der Waals surface area contributed by atoms with Crippen molar-refractivity contribution in [2.24, 2.45) is 0 Å². The Morgan fingerprint density at radius 3 is 2.69 bits per heavy atom. The average Bonchev–Trinajstić information content (AvgIpc) is 2.98. The summed E-state index contributed by atoms with van der Waals surface area (Å²) in [6.45, 7) is 2.07. The Labute approximate surface area is 100 Å². The van der Waals surface area contributed by atoms with Crippen molar-refractivity contribution in [2.45, 2.75) is 36.5 Å². The van der Waals surface area contributed by atoms with Crippen molar-refractivity contribution < 1.29 is 9.90 Å². The Morgan fingerprint density at radius 2 is 2.19 bits per heavy atom. The molecule has 1 aromatic carbocycles. The third kappa shape index (κ3) is 2.09. The predicted octanol–water partition coefficient (Wildman–Crippen LogP) is 3.22. The van der Waals surface area contributed by atoms with E-state index in [1.54, 1.807) is 11.8 Å². The monoisotopic (exact) mass is 236 g/mol. The van der Waals surface area contributed by atoms with Crippen molar-refractivity contribution in [3.63, 3.8) is 0 Å². The first-order valence-electron chi connectivity index (χ1n) is 5.44. The molecule has 0 radical (unpaired) electrons. The number of carboxylic acid groups (broad SMARTS) is 1. The fourth-order valence-electron chi connectivity index (χ4n) is 2.28. The van der Waals surface area contributed by atoms with Crippen molar-refractivity contribution in [2.75, 3.05) is 6.26 Å². The highest BCUT2D eigenvalue weighted by molar-refractivity contribution is 7.98. The zero-order valence-corrected chi connectivity index (χ0v) is 10.4. The Hall–Kier alpha value is -0.960. The van der Waals surface area contributed by atoms with Crippen LogP contribution in [0.1, 0.15) is 30.4 Å². The molecular formula is C13H16O2S. The quantitative estimate of drug-likeness (QED) is 0.816. The summed E-state index contributed by atoms with van der Waals surface area (Å²) < 4.78 is 0. The van der Waals surface area contributed by atoms with Crippen LogP contribution >= 0.6 is 11.8 Å². The van der Waals surface area contributed by atoms with Gasteiger partial charge in [-0.15, -0.1) is 11.8 Å². The lowest BCUT2D eigenvalue weighted by Gasteiger charge is -2.17. The van der Waals surface area contributed by atoms with Gasteiger partial charge in [0.2, 0.25) is 0 Å². The van der Waals surface area contributed by atoms with Crippen molar-refractivity contribution in [1.29, 1.82) is 0 Å². The molecule has 2 nitrogen and oxygen atoms in total. The summed E-state index contributed by atoms with van der Waals surface area (Å²) >= 11 is 1.71. The molecule has 0 bridgehead atoms. The van der Waals surface area contributed by atoms with Crippen LogP contribution in [0.5, 0.6) is 0 Å². The van der Waals surface area contributed by atoms with Crippen molar-refractivity contribution in [1.82, 2.24) is 0 Å². The number of thioether (sulfide) groups is 1. The summed E-state index contributed by atoms with van der Waals surface area (Å²) in [4.78, 5) is 12.1. The number of rotatable bonds is 4. The molecule has 0 heterocycles. The van der Waals surface area contributed by atoms with Gasteiger partial charge < -0.3 is 5.11 Å². The number of aliphatic carboxylic acids is 1. The van der Waals surface area contributed by atoms with Gasteiger partial charge in [0.1, 0.15) is 0 Å². The topological polar surface area (TPSA) is 37.3 Å². The number of carboxylic acids is 1. The molecule has 1 N–H and O–H groups in total. The Balaban J connectivity index is 2.35. The average molecular weight is 236 g/mol. The second-order valence-corrected chi connectivity index (χ2v) is 5.41. The lowest BCUT2D eigenvalue weighted by atomic mass is 9.89. The van der Waals surface area contributed by atoms with Crippen LogP contribution in [0.3, 0.4) is 0 Å². The van der Waals surface area contributed by atoms with Crippen LogP contribution in [0.25, 0.3) is 0 Å². The van der Waals surface area contributed by atoms with E-state index in [-0.39, 0.29) is 11.8 Å². The smallest absolute Gasteiger partial charge is 0.304 e. The van der Waals surface area contributed by atoms with Crippen LogP contribution < -0.4 is 0 Å². The van der Waals surface area contributed by atoms with E-state index >= 15 is 0 Å². The minimum atomic E-state index is -0.688. The summed E-state index contributed by atoms with van der Waals surface area (Å²) in [7, 11) is 0. The second-order valence-electron chi connectivity index (χ2n) is 4.53. The van der Waals surface area contributed by atoms with E-state index in [0.717, 1.165) is 12.8 Å². The van der Waals surface area contributed by atoms with Gasteiger partial charge in [0.05, 0.1) is 6.42 Å². The Morgan fingerprint density at radius 1 is 1.50 bits per heavy atom. The van der Waals surface area contributed by atoms with Crippen LogP contribution in [0.2, 0.25) is 0 Å². The van der Waals surface area contributed by atoms with Gasteiger partial charge in [-0.25, -0.2) is 0 Å². The van der Waals surface area contributed by atoms with Gasteiger partial charge in [0, 0.05) is 10.3 Å². The molecule has 1 aromatic rings. The van der Waals surface area contributed by atoms with Gasteiger partial charge in [-0.2, -0.15) is 0 Å². The summed E-state index contributed by atoms with van der Waals surface area (Å²) in [6.07, 6.45) is 4.34. The van der Waals surface area contributed by atoms with Gasteiger partial charge in [-0.05, 0) is 49.3 Å². The molecule has 2 rings (SSSR count). The molecule has 16 heavy (non-hydrogen) atoms. The summed E-state index contributed by atoms with van der Waals surface area (Å²) in [5.41, 5.74) is 2.39. The molecule has 1 fully saturated rings. The van der Waals surface area contributed by atoms with E-state index in [1.165, 1.54) is 16.0 Å². The highest BCUT2D eigenvalue weighted by atomic mass is 32.2. The Bertz CT molecular complexity index is 422. The molecule has 0 spiro atoms. The van der Waals surface area contributed by atoms with Gasteiger partial charge in [0.15, 0.2) is 0 Å². The SMILES string of the molecule is CSc1ccc(C)c(C2(CC(=O)O)CC2)c1. The molecule has 0 aliphatic heterocycles. The summed E-state index contributed by atoms with van der Waals surface area (Å²) in [5.74, 6) is -0.688. The minimum Gasteiger partial charge on any atom is -0.481 e. The standard InChI is InChI=1S/C13H16O2S/c1-9-3-4-10(16-2)7-11(9)13(5-6-13)8-12(14)15/h3-4,7H,5-6,8H2,1-2H3,(H,14,15). The van der Waals surface area contributed by atoms with E-state index in [0.29, 0.717) is 0 Å². The number of aryl methyl sites for hydroxylation is 1. The molecule has 0 aromatic heterocycles. The molecule has 0 unspecified atom stereocenters. The molecule has 1 aliphatic carbocycles. The largest absolute Gasteiger partial charge is 0.481 e. The Kier molecular flexibility index (Phi) is 2.98.